The number of aromatic nitrogens is 3. The standard InChI is InChI=1S/C26H27ClFN5/c1-16(2)12-30-25-26-31-14-24(18-3-4-19(22(27)11-18)13-29-21-9-10-21)33(26)15-23(32-25)17-5-7-20(28)8-6-17/h3-8,11,14-16,21,29H,9-10,12-13H2,1-2H3,(H,30,32). The highest BCUT2D eigenvalue weighted by Gasteiger charge is 2.20. The number of halogens is 2. The van der Waals surface area contributed by atoms with Gasteiger partial charge in [-0.25, -0.2) is 14.4 Å². The van der Waals surface area contributed by atoms with Gasteiger partial charge in [0.15, 0.2) is 11.5 Å². The molecule has 2 aromatic heterocycles. The molecule has 0 atom stereocenters. The van der Waals surface area contributed by atoms with Gasteiger partial charge in [-0.2, -0.15) is 0 Å². The quantitative estimate of drug-likeness (QED) is 0.328. The third-order valence-electron chi connectivity index (χ3n) is 5.82. The fraction of sp³-hybridized carbons (Fsp3) is 0.308. The van der Waals surface area contributed by atoms with Crippen LogP contribution in [0.4, 0.5) is 10.2 Å². The zero-order valence-electron chi connectivity index (χ0n) is 18.8. The van der Waals surface area contributed by atoms with Gasteiger partial charge in [0.25, 0.3) is 0 Å². The fourth-order valence-corrected chi connectivity index (χ4v) is 4.02. The summed E-state index contributed by atoms with van der Waals surface area (Å²) in [6, 6.07) is 13.2. The van der Waals surface area contributed by atoms with Gasteiger partial charge >= 0.3 is 0 Å². The molecule has 2 heterocycles. The Morgan fingerprint density at radius 3 is 2.58 bits per heavy atom. The lowest BCUT2D eigenvalue weighted by Crippen LogP contribution is -2.15. The summed E-state index contributed by atoms with van der Waals surface area (Å²) in [6.07, 6.45) is 6.28. The van der Waals surface area contributed by atoms with Gasteiger partial charge in [0.2, 0.25) is 0 Å². The van der Waals surface area contributed by atoms with Crippen molar-refractivity contribution in [1.82, 2.24) is 19.7 Å². The Morgan fingerprint density at radius 1 is 1.12 bits per heavy atom. The highest BCUT2D eigenvalue weighted by atomic mass is 35.5. The van der Waals surface area contributed by atoms with E-state index in [1.807, 2.05) is 22.9 Å². The Hall–Kier alpha value is -2.96. The van der Waals surface area contributed by atoms with E-state index in [-0.39, 0.29) is 5.82 Å². The summed E-state index contributed by atoms with van der Waals surface area (Å²) in [5.74, 6) is 0.881. The molecule has 1 fully saturated rings. The molecule has 0 spiro atoms. The summed E-state index contributed by atoms with van der Waals surface area (Å²) in [6.45, 7) is 5.84. The second-order valence-electron chi connectivity index (χ2n) is 9.05. The normalized spacial score (nSPS) is 13.7. The maximum atomic E-state index is 13.5. The Labute approximate surface area is 198 Å². The lowest BCUT2D eigenvalue weighted by molar-refractivity contribution is 0.628. The van der Waals surface area contributed by atoms with E-state index < -0.39 is 0 Å². The number of benzene rings is 2. The fourth-order valence-electron chi connectivity index (χ4n) is 3.77. The van der Waals surface area contributed by atoms with E-state index in [1.54, 1.807) is 12.1 Å². The van der Waals surface area contributed by atoms with Gasteiger partial charge in [-0.1, -0.05) is 37.6 Å². The van der Waals surface area contributed by atoms with Crippen LogP contribution in [0.5, 0.6) is 0 Å². The van der Waals surface area contributed by atoms with Crippen LogP contribution in [-0.4, -0.2) is 27.0 Å². The maximum absolute atomic E-state index is 13.5. The first-order valence-corrected chi connectivity index (χ1v) is 11.8. The van der Waals surface area contributed by atoms with E-state index in [4.69, 9.17) is 16.6 Å². The van der Waals surface area contributed by atoms with Crippen LogP contribution >= 0.6 is 11.6 Å². The minimum Gasteiger partial charge on any atom is -0.367 e. The van der Waals surface area contributed by atoms with Gasteiger partial charge in [0, 0.05) is 41.5 Å². The minimum absolute atomic E-state index is 0.271. The molecule has 2 aromatic carbocycles. The molecule has 1 aliphatic rings. The average molecular weight is 464 g/mol. The van der Waals surface area contributed by atoms with E-state index in [0.717, 1.165) is 51.8 Å². The van der Waals surface area contributed by atoms with Crippen molar-refractivity contribution in [2.45, 2.75) is 39.3 Å². The highest BCUT2D eigenvalue weighted by molar-refractivity contribution is 6.31. The average Bonchev–Trinajstić information content (AvgIpc) is 3.53. The summed E-state index contributed by atoms with van der Waals surface area (Å²) in [4.78, 5) is 9.47. The number of nitrogens with zero attached hydrogens (tertiary/aromatic N) is 3. The zero-order chi connectivity index (χ0) is 22.9. The molecule has 0 radical (unpaired) electrons. The molecule has 33 heavy (non-hydrogen) atoms. The summed E-state index contributed by atoms with van der Waals surface area (Å²) in [5.41, 5.74) is 5.32. The van der Waals surface area contributed by atoms with Crippen molar-refractivity contribution in [3.05, 3.63) is 71.3 Å². The Morgan fingerprint density at radius 2 is 1.88 bits per heavy atom. The van der Waals surface area contributed by atoms with Crippen LogP contribution in [0.25, 0.3) is 28.2 Å². The minimum atomic E-state index is -0.271. The number of anilines is 1. The highest BCUT2D eigenvalue weighted by Crippen LogP contribution is 2.31. The number of imidazole rings is 1. The van der Waals surface area contributed by atoms with Crippen molar-refractivity contribution in [3.63, 3.8) is 0 Å². The number of hydrogen-bond acceptors (Lipinski definition) is 4. The van der Waals surface area contributed by atoms with Crippen molar-refractivity contribution in [2.75, 3.05) is 11.9 Å². The first kappa shape index (κ1) is 21.9. The smallest absolute Gasteiger partial charge is 0.180 e. The summed E-state index contributed by atoms with van der Waals surface area (Å²) in [7, 11) is 0. The molecule has 0 unspecified atom stereocenters. The topological polar surface area (TPSA) is 54.2 Å². The van der Waals surface area contributed by atoms with Crippen LogP contribution in [-0.2, 0) is 6.54 Å². The lowest BCUT2D eigenvalue weighted by atomic mass is 10.1. The molecule has 4 aromatic rings. The SMILES string of the molecule is CC(C)CNc1nc(-c2ccc(F)cc2)cn2c(-c3ccc(CNC4CC4)c(Cl)c3)cnc12. The second kappa shape index (κ2) is 9.12. The molecule has 0 amide bonds. The van der Waals surface area contributed by atoms with Crippen molar-refractivity contribution < 1.29 is 4.39 Å². The van der Waals surface area contributed by atoms with Gasteiger partial charge in [0.1, 0.15) is 5.82 Å². The van der Waals surface area contributed by atoms with Crippen LogP contribution in [0.15, 0.2) is 54.9 Å². The van der Waals surface area contributed by atoms with Crippen LogP contribution in [0.2, 0.25) is 5.02 Å². The molecule has 170 valence electrons. The predicted molar refractivity (Wildman–Crippen MR) is 132 cm³/mol. The van der Waals surface area contributed by atoms with Crippen molar-refractivity contribution >= 4 is 23.1 Å². The number of fused-ring (bicyclic) bond motifs is 1. The van der Waals surface area contributed by atoms with E-state index >= 15 is 0 Å². The van der Waals surface area contributed by atoms with Crippen LogP contribution in [0.3, 0.4) is 0 Å². The van der Waals surface area contributed by atoms with E-state index in [0.29, 0.717) is 17.8 Å². The first-order valence-electron chi connectivity index (χ1n) is 11.4. The molecule has 5 rings (SSSR count). The summed E-state index contributed by atoms with van der Waals surface area (Å²) >= 11 is 6.63. The maximum Gasteiger partial charge on any atom is 0.180 e. The first-order chi connectivity index (χ1) is 16.0. The third kappa shape index (κ3) is 4.87. The molecule has 5 nitrogen and oxygen atoms in total. The lowest BCUT2D eigenvalue weighted by Gasteiger charge is -2.13. The summed E-state index contributed by atoms with van der Waals surface area (Å²) < 4.78 is 15.5. The van der Waals surface area contributed by atoms with Gasteiger partial charge in [-0.15, -0.1) is 0 Å². The van der Waals surface area contributed by atoms with Gasteiger partial charge < -0.3 is 10.6 Å². The molecular weight excluding hydrogens is 437 g/mol. The van der Waals surface area contributed by atoms with Crippen molar-refractivity contribution in [2.24, 2.45) is 5.92 Å². The number of hydrogen-bond donors (Lipinski definition) is 2. The van der Waals surface area contributed by atoms with Gasteiger partial charge in [0.05, 0.1) is 17.6 Å². The van der Waals surface area contributed by atoms with Crippen molar-refractivity contribution in [3.8, 4) is 22.5 Å². The van der Waals surface area contributed by atoms with E-state index in [9.17, 15) is 4.39 Å². The number of rotatable bonds is 8. The molecule has 2 N–H and O–H groups in total. The monoisotopic (exact) mass is 463 g/mol. The Bertz CT molecular complexity index is 1280. The molecule has 0 bridgehead atoms. The van der Waals surface area contributed by atoms with Gasteiger partial charge in [-0.05, 0) is 54.7 Å². The summed E-state index contributed by atoms with van der Waals surface area (Å²) in [5, 5.41) is 7.67. The Kier molecular flexibility index (Phi) is 6.04. The number of nitrogens with one attached hydrogen (secondary N) is 2. The second-order valence-corrected chi connectivity index (χ2v) is 9.46. The van der Waals surface area contributed by atoms with Crippen LogP contribution in [0, 0.1) is 11.7 Å². The molecular formula is C26H27ClFN5. The molecule has 7 heteroatoms. The zero-order valence-corrected chi connectivity index (χ0v) is 19.5. The van der Waals surface area contributed by atoms with Crippen LogP contribution in [0.1, 0.15) is 32.3 Å². The molecule has 1 aliphatic carbocycles. The van der Waals surface area contributed by atoms with Crippen molar-refractivity contribution in [1.29, 1.82) is 0 Å². The predicted octanol–water partition coefficient (Wildman–Crippen LogP) is 6.18. The molecule has 1 saturated carbocycles. The van der Waals surface area contributed by atoms with E-state index in [1.165, 1.54) is 25.0 Å². The van der Waals surface area contributed by atoms with Gasteiger partial charge in [-0.3, -0.25) is 4.40 Å². The van der Waals surface area contributed by atoms with E-state index in [2.05, 4.69) is 41.6 Å². The molecule has 0 saturated heterocycles. The Balaban J connectivity index is 1.56. The largest absolute Gasteiger partial charge is 0.367 e. The van der Waals surface area contributed by atoms with Crippen LogP contribution < -0.4 is 10.6 Å². The third-order valence-corrected chi connectivity index (χ3v) is 6.17. The molecule has 0 aliphatic heterocycles.